The number of nitrogens with zero attached hydrogens (tertiary/aromatic N) is 2. The molecule has 21 heavy (non-hydrogen) atoms. The van der Waals surface area contributed by atoms with Crippen LogP contribution in [0.4, 0.5) is 0 Å². The Kier molecular flexibility index (Phi) is 5.46. The molecule has 2 rings (SSSR count). The van der Waals surface area contributed by atoms with Crippen molar-refractivity contribution in [3.63, 3.8) is 0 Å². The molecule has 0 aliphatic rings. The van der Waals surface area contributed by atoms with Gasteiger partial charge in [0.25, 0.3) is 0 Å². The van der Waals surface area contributed by atoms with Crippen molar-refractivity contribution in [3.05, 3.63) is 40.5 Å². The lowest BCUT2D eigenvalue weighted by molar-refractivity contribution is 0.0565. The van der Waals surface area contributed by atoms with Gasteiger partial charge in [-0.15, -0.1) is 11.8 Å². The van der Waals surface area contributed by atoms with Gasteiger partial charge < -0.3 is 9.63 Å². The summed E-state index contributed by atoms with van der Waals surface area (Å²) in [5.74, 6) is 1.77. The summed E-state index contributed by atoms with van der Waals surface area (Å²) in [6.07, 6.45) is -0.113. The summed E-state index contributed by atoms with van der Waals surface area (Å²) >= 11 is 5.15. The van der Waals surface area contributed by atoms with Gasteiger partial charge in [-0.1, -0.05) is 38.1 Å². The topological polar surface area (TPSA) is 59.2 Å². The number of hydrogen-bond acceptors (Lipinski definition) is 5. The van der Waals surface area contributed by atoms with Crippen LogP contribution in [0.15, 0.2) is 38.2 Å². The number of aromatic nitrogens is 2. The monoisotopic (exact) mass is 370 g/mol. The van der Waals surface area contributed by atoms with Crippen LogP contribution in [-0.4, -0.2) is 21.4 Å². The van der Waals surface area contributed by atoms with E-state index >= 15 is 0 Å². The van der Waals surface area contributed by atoms with E-state index in [9.17, 15) is 5.11 Å². The second kappa shape index (κ2) is 6.94. The molecule has 0 saturated heterocycles. The van der Waals surface area contributed by atoms with E-state index in [1.807, 2.05) is 45.0 Å². The Balaban J connectivity index is 1.93. The van der Waals surface area contributed by atoms with Crippen molar-refractivity contribution in [2.75, 3.05) is 0 Å². The van der Waals surface area contributed by atoms with Crippen LogP contribution >= 0.6 is 27.7 Å². The van der Waals surface area contributed by atoms with Gasteiger partial charge in [0.05, 0.1) is 18.3 Å². The lowest BCUT2D eigenvalue weighted by Gasteiger charge is -2.24. The predicted molar refractivity (Wildman–Crippen MR) is 87.2 cm³/mol. The van der Waals surface area contributed by atoms with E-state index in [2.05, 4.69) is 26.1 Å². The molecule has 0 fully saturated rings. The summed E-state index contributed by atoms with van der Waals surface area (Å²) in [7, 11) is 0. The Morgan fingerprint density at radius 2 is 2.05 bits per heavy atom. The second-order valence-electron chi connectivity index (χ2n) is 5.91. The fraction of sp³-hybridized carbons (Fsp3) is 0.467. The van der Waals surface area contributed by atoms with Crippen LogP contribution in [0.1, 0.15) is 32.5 Å². The maximum atomic E-state index is 10.1. The lowest BCUT2D eigenvalue weighted by atomic mass is 9.87. The molecule has 1 aromatic heterocycles. The zero-order valence-corrected chi connectivity index (χ0v) is 14.7. The molecular formula is C15H19BrN2O2S. The van der Waals surface area contributed by atoms with Gasteiger partial charge in [-0.3, -0.25) is 0 Å². The second-order valence-corrected chi connectivity index (χ2v) is 7.78. The van der Waals surface area contributed by atoms with Gasteiger partial charge >= 0.3 is 0 Å². The van der Waals surface area contributed by atoms with Crippen LogP contribution < -0.4 is 0 Å². The molecule has 1 aromatic carbocycles. The first-order chi connectivity index (χ1) is 9.86. The van der Waals surface area contributed by atoms with Crippen LogP contribution in [0, 0.1) is 5.41 Å². The summed E-state index contributed by atoms with van der Waals surface area (Å²) in [4.78, 5) is 5.47. The highest BCUT2D eigenvalue weighted by atomic mass is 79.9. The number of aliphatic hydroxyl groups is 1. The highest BCUT2D eigenvalue weighted by Gasteiger charge is 2.24. The molecule has 0 radical (unpaired) electrons. The molecule has 6 heteroatoms. The number of benzene rings is 1. The molecule has 1 unspecified atom stereocenters. The first kappa shape index (κ1) is 16.5. The Hall–Kier alpha value is -0.850. The molecule has 0 spiro atoms. The van der Waals surface area contributed by atoms with Gasteiger partial charge in [0.2, 0.25) is 5.89 Å². The van der Waals surface area contributed by atoms with E-state index < -0.39 is 6.10 Å². The molecule has 1 atom stereocenters. The molecule has 1 heterocycles. The zero-order valence-electron chi connectivity index (χ0n) is 12.3. The van der Waals surface area contributed by atoms with Crippen molar-refractivity contribution in [1.82, 2.24) is 10.1 Å². The SMILES string of the molecule is CC(C)(C)C(O)Cc1nc(CSc2ccccc2Br)no1. The number of thioether (sulfide) groups is 1. The number of halogens is 1. The molecular weight excluding hydrogens is 352 g/mol. The van der Waals surface area contributed by atoms with Crippen molar-refractivity contribution in [2.45, 2.75) is 43.9 Å². The minimum Gasteiger partial charge on any atom is -0.392 e. The lowest BCUT2D eigenvalue weighted by Crippen LogP contribution is -2.28. The summed E-state index contributed by atoms with van der Waals surface area (Å²) < 4.78 is 6.26. The fourth-order valence-corrected chi connectivity index (χ4v) is 3.02. The summed E-state index contributed by atoms with van der Waals surface area (Å²) in [5, 5.41) is 14.0. The van der Waals surface area contributed by atoms with Crippen LogP contribution in [0.5, 0.6) is 0 Å². The zero-order chi connectivity index (χ0) is 15.5. The first-order valence-corrected chi connectivity index (χ1v) is 8.51. The average Bonchev–Trinajstić information content (AvgIpc) is 2.84. The third-order valence-corrected chi connectivity index (χ3v) is 5.09. The highest BCUT2D eigenvalue weighted by molar-refractivity contribution is 9.10. The van der Waals surface area contributed by atoms with Gasteiger partial charge in [0, 0.05) is 9.37 Å². The van der Waals surface area contributed by atoms with Crippen molar-refractivity contribution in [3.8, 4) is 0 Å². The van der Waals surface area contributed by atoms with E-state index in [0.29, 0.717) is 23.9 Å². The van der Waals surface area contributed by atoms with Crippen molar-refractivity contribution in [2.24, 2.45) is 5.41 Å². The van der Waals surface area contributed by atoms with E-state index in [-0.39, 0.29) is 5.41 Å². The van der Waals surface area contributed by atoms with E-state index in [1.54, 1.807) is 11.8 Å². The van der Waals surface area contributed by atoms with E-state index in [0.717, 1.165) is 9.37 Å². The number of aliphatic hydroxyl groups excluding tert-OH is 1. The highest BCUT2D eigenvalue weighted by Crippen LogP contribution is 2.29. The Morgan fingerprint density at radius 3 is 2.71 bits per heavy atom. The Morgan fingerprint density at radius 1 is 1.33 bits per heavy atom. The molecule has 0 aliphatic heterocycles. The third-order valence-electron chi connectivity index (χ3n) is 3.07. The maximum Gasteiger partial charge on any atom is 0.229 e. The van der Waals surface area contributed by atoms with Crippen molar-refractivity contribution in [1.29, 1.82) is 0 Å². The van der Waals surface area contributed by atoms with Gasteiger partial charge in [0.1, 0.15) is 0 Å². The Labute approximate surface area is 137 Å². The molecule has 0 bridgehead atoms. The van der Waals surface area contributed by atoms with Crippen LogP contribution in [0.3, 0.4) is 0 Å². The normalized spacial score (nSPS) is 13.4. The van der Waals surface area contributed by atoms with Crippen LogP contribution in [0.2, 0.25) is 0 Å². The summed E-state index contributed by atoms with van der Waals surface area (Å²) in [6, 6.07) is 8.02. The molecule has 0 saturated carbocycles. The van der Waals surface area contributed by atoms with Crippen molar-refractivity contribution < 1.29 is 9.63 Å². The van der Waals surface area contributed by atoms with E-state index in [4.69, 9.17) is 4.52 Å². The maximum absolute atomic E-state index is 10.1. The first-order valence-electron chi connectivity index (χ1n) is 6.73. The van der Waals surface area contributed by atoms with Crippen LogP contribution in [0.25, 0.3) is 0 Å². The largest absolute Gasteiger partial charge is 0.392 e. The van der Waals surface area contributed by atoms with Gasteiger partial charge in [-0.2, -0.15) is 4.98 Å². The molecule has 4 nitrogen and oxygen atoms in total. The molecule has 1 N–H and O–H groups in total. The molecule has 2 aromatic rings. The average molecular weight is 371 g/mol. The van der Waals surface area contributed by atoms with Crippen LogP contribution in [-0.2, 0) is 12.2 Å². The van der Waals surface area contributed by atoms with Gasteiger partial charge in [0.15, 0.2) is 5.82 Å². The summed E-state index contributed by atoms with van der Waals surface area (Å²) in [5.41, 5.74) is -0.196. The van der Waals surface area contributed by atoms with Gasteiger partial charge in [-0.25, -0.2) is 0 Å². The van der Waals surface area contributed by atoms with E-state index in [1.165, 1.54) is 0 Å². The standard InChI is InChI=1S/C15H19BrN2O2S/c1-15(2,3)12(19)8-14-17-13(18-20-14)9-21-11-7-5-4-6-10(11)16/h4-7,12,19H,8-9H2,1-3H3. The smallest absolute Gasteiger partial charge is 0.229 e. The third kappa shape index (κ3) is 4.83. The fourth-order valence-electron chi connectivity index (χ4n) is 1.61. The molecule has 114 valence electrons. The van der Waals surface area contributed by atoms with Crippen molar-refractivity contribution >= 4 is 27.7 Å². The number of hydrogen-bond donors (Lipinski definition) is 1. The molecule has 0 aliphatic carbocycles. The van der Waals surface area contributed by atoms with Gasteiger partial charge in [-0.05, 0) is 33.5 Å². The summed E-state index contributed by atoms with van der Waals surface area (Å²) in [6.45, 7) is 5.95. The minimum atomic E-state index is -0.498. The Bertz CT molecular complexity index is 595. The quantitative estimate of drug-likeness (QED) is 0.803. The predicted octanol–water partition coefficient (Wildman–Crippen LogP) is 4.07. The molecule has 0 amide bonds. The minimum absolute atomic E-state index is 0.196. The number of rotatable bonds is 5.